The van der Waals surface area contributed by atoms with Gasteiger partial charge < -0.3 is 9.84 Å². The molecule has 0 aromatic carbocycles. The van der Waals surface area contributed by atoms with E-state index in [1.807, 2.05) is 0 Å². The van der Waals surface area contributed by atoms with E-state index in [-0.39, 0.29) is 5.41 Å². The minimum absolute atomic E-state index is 0.0802. The van der Waals surface area contributed by atoms with Crippen LogP contribution in [0.1, 0.15) is 58.3 Å². The predicted molar refractivity (Wildman–Crippen MR) is 91.4 cm³/mol. The molecule has 0 amide bonds. The van der Waals surface area contributed by atoms with Crippen LogP contribution in [-0.2, 0) is 4.74 Å². The van der Waals surface area contributed by atoms with Gasteiger partial charge in [0.25, 0.3) is 0 Å². The molecule has 0 bridgehead atoms. The number of hydrogen-bond acceptors (Lipinski definition) is 2. The molecule has 0 radical (unpaired) electrons. The molecule has 23 heavy (non-hydrogen) atoms. The molecule has 2 heteroatoms. The lowest BCUT2D eigenvalue weighted by atomic mass is 9.52. The summed E-state index contributed by atoms with van der Waals surface area (Å²) in [6.45, 7) is 2.26. The van der Waals surface area contributed by atoms with Gasteiger partial charge in [0, 0.05) is 11.8 Å². The highest BCUT2D eigenvalue weighted by Gasteiger charge is 2.61. The van der Waals surface area contributed by atoms with Crippen molar-refractivity contribution in [1.82, 2.24) is 0 Å². The lowest BCUT2D eigenvalue weighted by Crippen LogP contribution is -2.50. The zero-order valence-corrected chi connectivity index (χ0v) is 14.4. The minimum Gasteiger partial charge on any atom is -0.501 e. The Morgan fingerprint density at radius 2 is 2.13 bits per heavy atom. The van der Waals surface area contributed by atoms with Crippen LogP contribution in [-0.4, -0.2) is 17.8 Å². The topological polar surface area (TPSA) is 29.5 Å². The number of terminal acetylenes is 1. The number of rotatable bonds is 1. The summed E-state index contributed by atoms with van der Waals surface area (Å²) in [5.41, 5.74) is 2.37. The van der Waals surface area contributed by atoms with Gasteiger partial charge in [-0.3, -0.25) is 0 Å². The van der Waals surface area contributed by atoms with E-state index in [4.69, 9.17) is 11.2 Å². The minimum atomic E-state index is -0.882. The second-order valence-corrected chi connectivity index (χ2v) is 8.30. The van der Waals surface area contributed by atoms with Gasteiger partial charge in [-0.15, -0.1) is 6.42 Å². The SMILES string of the molecule is C#C[C@]1(O)CC[C@H]2[C@@H]3CCC4=C(CC=C(OC)C4)[C@H]3CCC21C. The first-order chi connectivity index (χ1) is 11.0. The molecular weight excluding hydrogens is 284 g/mol. The van der Waals surface area contributed by atoms with Crippen LogP contribution >= 0.6 is 0 Å². The van der Waals surface area contributed by atoms with Crippen LogP contribution in [0.2, 0.25) is 0 Å². The Balaban J connectivity index is 1.63. The van der Waals surface area contributed by atoms with Crippen LogP contribution in [0.5, 0.6) is 0 Å². The summed E-state index contributed by atoms with van der Waals surface area (Å²) in [5, 5.41) is 11.0. The van der Waals surface area contributed by atoms with Crippen molar-refractivity contribution < 1.29 is 9.84 Å². The molecule has 0 saturated heterocycles. The summed E-state index contributed by atoms with van der Waals surface area (Å²) in [6, 6.07) is 0. The molecule has 2 nitrogen and oxygen atoms in total. The highest BCUT2D eigenvalue weighted by molar-refractivity contribution is 5.34. The lowest BCUT2D eigenvalue weighted by Gasteiger charge is -2.53. The van der Waals surface area contributed by atoms with E-state index >= 15 is 0 Å². The Labute approximate surface area is 140 Å². The summed E-state index contributed by atoms with van der Waals surface area (Å²) in [5.74, 6) is 5.92. The Hall–Kier alpha value is -1.20. The first-order valence-corrected chi connectivity index (χ1v) is 9.16. The van der Waals surface area contributed by atoms with Gasteiger partial charge in [0.15, 0.2) is 0 Å². The van der Waals surface area contributed by atoms with E-state index in [9.17, 15) is 5.11 Å². The van der Waals surface area contributed by atoms with Gasteiger partial charge in [-0.05, 0) is 68.8 Å². The third-order valence-corrected chi connectivity index (χ3v) is 7.71. The van der Waals surface area contributed by atoms with Crippen LogP contribution in [0.4, 0.5) is 0 Å². The van der Waals surface area contributed by atoms with Crippen LogP contribution in [0.25, 0.3) is 0 Å². The molecule has 2 fully saturated rings. The summed E-state index contributed by atoms with van der Waals surface area (Å²) >= 11 is 0. The van der Waals surface area contributed by atoms with E-state index in [0.717, 1.165) is 37.9 Å². The van der Waals surface area contributed by atoms with Crippen LogP contribution in [0, 0.1) is 35.5 Å². The number of fused-ring (bicyclic) bond motifs is 4. The van der Waals surface area contributed by atoms with Gasteiger partial charge in [0.1, 0.15) is 5.60 Å². The standard InChI is InChI=1S/C21H28O2/c1-4-21(22)12-10-19-18-7-5-14-13-15(23-3)6-8-16(14)17(18)9-11-20(19,21)2/h1,6,17-19,22H,5,7-13H2,2-3H3/t17-,18-,19+,20?,21+/m1/s1. The average Bonchev–Trinajstić information content (AvgIpc) is 2.86. The molecule has 0 spiro atoms. The first-order valence-electron chi connectivity index (χ1n) is 9.16. The summed E-state index contributed by atoms with van der Waals surface area (Å²) in [4.78, 5) is 0. The Kier molecular flexibility index (Phi) is 3.43. The van der Waals surface area contributed by atoms with Gasteiger partial charge in [-0.25, -0.2) is 0 Å². The van der Waals surface area contributed by atoms with E-state index in [0.29, 0.717) is 17.8 Å². The van der Waals surface area contributed by atoms with Crippen molar-refractivity contribution in [3.63, 3.8) is 0 Å². The van der Waals surface area contributed by atoms with Crippen molar-refractivity contribution >= 4 is 0 Å². The highest BCUT2D eigenvalue weighted by Crippen LogP contribution is 2.64. The maximum atomic E-state index is 11.0. The molecule has 124 valence electrons. The van der Waals surface area contributed by atoms with Crippen LogP contribution in [0.15, 0.2) is 23.0 Å². The third kappa shape index (κ3) is 1.99. The zero-order chi connectivity index (χ0) is 16.2. The van der Waals surface area contributed by atoms with Crippen molar-refractivity contribution in [3.05, 3.63) is 23.0 Å². The Morgan fingerprint density at radius 1 is 1.30 bits per heavy atom. The van der Waals surface area contributed by atoms with E-state index in [2.05, 4.69) is 18.9 Å². The quantitative estimate of drug-likeness (QED) is 0.580. The first kappa shape index (κ1) is 15.3. The van der Waals surface area contributed by atoms with Gasteiger partial charge in [0.2, 0.25) is 0 Å². The highest BCUT2D eigenvalue weighted by atomic mass is 16.5. The van der Waals surface area contributed by atoms with Crippen molar-refractivity contribution in [2.45, 2.75) is 63.9 Å². The molecule has 4 rings (SSSR count). The second-order valence-electron chi connectivity index (χ2n) is 8.30. The monoisotopic (exact) mass is 312 g/mol. The molecule has 1 unspecified atom stereocenters. The van der Waals surface area contributed by atoms with Crippen LogP contribution in [0.3, 0.4) is 0 Å². The second kappa shape index (κ2) is 5.15. The van der Waals surface area contributed by atoms with E-state index in [1.165, 1.54) is 19.3 Å². The summed E-state index contributed by atoms with van der Waals surface area (Å²) < 4.78 is 5.48. The van der Waals surface area contributed by atoms with Crippen molar-refractivity contribution in [1.29, 1.82) is 0 Å². The molecule has 0 aromatic rings. The number of allylic oxidation sites excluding steroid dienone is 3. The fourth-order valence-corrected chi connectivity index (χ4v) is 6.30. The maximum Gasteiger partial charge on any atom is 0.130 e. The molecule has 0 aromatic heterocycles. The predicted octanol–water partition coefficient (Wildman–Crippen LogP) is 4.21. The molecule has 4 aliphatic carbocycles. The summed E-state index contributed by atoms with van der Waals surface area (Å²) in [6.07, 6.45) is 16.7. The molecule has 4 aliphatic rings. The number of aliphatic hydroxyl groups is 1. The van der Waals surface area contributed by atoms with Crippen molar-refractivity contribution in [3.8, 4) is 12.3 Å². The van der Waals surface area contributed by atoms with Gasteiger partial charge in [-0.2, -0.15) is 0 Å². The molecule has 5 atom stereocenters. The molecule has 1 N–H and O–H groups in total. The van der Waals surface area contributed by atoms with Crippen molar-refractivity contribution in [2.24, 2.45) is 23.2 Å². The lowest BCUT2D eigenvalue weighted by molar-refractivity contribution is -0.0706. The number of ether oxygens (including phenoxy) is 1. The smallest absolute Gasteiger partial charge is 0.130 e. The van der Waals surface area contributed by atoms with Gasteiger partial charge in [0.05, 0.1) is 12.9 Å². The molecule has 2 saturated carbocycles. The Bertz CT molecular complexity index is 622. The normalized spacial score (nSPS) is 45.5. The zero-order valence-electron chi connectivity index (χ0n) is 14.4. The van der Waals surface area contributed by atoms with E-state index in [1.54, 1.807) is 18.3 Å². The van der Waals surface area contributed by atoms with E-state index < -0.39 is 5.60 Å². The Morgan fingerprint density at radius 3 is 2.87 bits per heavy atom. The third-order valence-electron chi connectivity index (χ3n) is 7.71. The van der Waals surface area contributed by atoms with Gasteiger partial charge in [-0.1, -0.05) is 24.0 Å². The molecule has 0 aliphatic heterocycles. The number of methoxy groups -OCH3 is 1. The number of hydrogen-bond donors (Lipinski definition) is 1. The largest absolute Gasteiger partial charge is 0.501 e. The van der Waals surface area contributed by atoms with Crippen molar-refractivity contribution in [2.75, 3.05) is 7.11 Å². The fourth-order valence-electron chi connectivity index (χ4n) is 6.30. The summed E-state index contributed by atoms with van der Waals surface area (Å²) in [7, 11) is 1.79. The maximum absolute atomic E-state index is 11.0. The fraction of sp³-hybridized carbons (Fsp3) is 0.714. The average molecular weight is 312 g/mol. The molecule has 0 heterocycles. The molecular formula is C21H28O2. The van der Waals surface area contributed by atoms with Gasteiger partial charge >= 0.3 is 0 Å². The van der Waals surface area contributed by atoms with Crippen LogP contribution < -0.4 is 0 Å².